The van der Waals surface area contributed by atoms with Crippen LogP contribution < -0.4 is 10.0 Å². The van der Waals surface area contributed by atoms with Gasteiger partial charge in [-0.05, 0) is 30.7 Å². The second-order valence-corrected chi connectivity index (χ2v) is 7.66. The van der Waals surface area contributed by atoms with Crippen LogP contribution in [0.1, 0.15) is 12.0 Å². The van der Waals surface area contributed by atoms with E-state index in [9.17, 15) is 18.5 Å². The summed E-state index contributed by atoms with van der Waals surface area (Å²) in [6.45, 7) is 1.63. The molecule has 0 amide bonds. The monoisotopic (exact) mass is 331 g/mol. The Bertz CT molecular complexity index is 655. The highest BCUT2D eigenvalue weighted by Gasteiger charge is 2.27. The molecule has 2 rings (SSSR count). The van der Waals surface area contributed by atoms with Crippen LogP contribution >= 0.6 is 11.8 Å². The average Bonchev–Trinajstić information content (AvgIpc) is 2.89. The van der Waals surface area contributed by atoms with Crippen LogP contribution in [-0.2, 0) is 10.0 Å². The first kappa shape index (κ1) is 16.1. The van der Waals surface area contributed by atoms with E-state index in [2.05, 4.69) is 10.0 Å². The van der Waals surface area contributed by atoms with Crippen LogP contribution in [0.3, 0.4) is 0 Å². The topological polar surface area (TPSA) is 101 Å². The van der Waals surface area contributed by atoms with Gasteiger partial charge in [-0.15, -0.1) is 0 Å². The largest absolute Gasteiger partial charge is 0.383 e. The number of benzene rings is 1. The van der Waals surface area contributed by atoms with Gasteiger partial charge in [0.15, 0.2) is 0 Å². The lowest BCUT2D eigenvalue weighted by Gasteiger charge is -2.14. The summed E-state index contributed by atoms with van der Waals surface area (Å²) in [7, 11) is -2.19. The Balaban J connectivity index is 2.42. The molecule has 1 aliphatic heterocycles. The first-order valence-electron chi connectivity index (χ1n) is 6.42. The van der Waals surface area contributed by atoms with Crippen molar-refractivity contribution >= 4 is 33.2 Å². The Hall–Kier alpha value is -1.32. The van der Waals surface area contributed by atoms with Gasteiger partial charge in [0, 0.05) is 24.9 Å². The van der Waals surface area contributed by atoms with Gasteiger partial charge < -0.3 is 5.32 Å². The predicted octanol–water partition coefficient (Wildman–Crippen LogP) is 1.73. The number of sulfonamides is 1. The molecule has 9 heteroatoms. The van der Waals surface area contributed by atoms with E-state index < -0.39 is 14.9 Å². The lowest BCUT2D eigenvalue weighted by molar-refractivity contribution is -0.384. The Morgan fingerprint density at radius 3 is 2.67 bits per heavy atom. The molecule has 0 radical (unpaired) electrons. The normalized spacial score (nSPS) is 18.7. The molecule has 1 aliphatic rings. The lowest BCUT2D eigenvalue weighted by atomic mass is 10.2. The number of anilines is 1. The number of nitrogens with one attached hydrogen (secondary N) is 2. The van der Waals surface area contributed by atoms with Gasteiger partial charge in [0.1, 0.15) is 5.69 Å². The van der Waals surface area contributed by atoms with Gasteiger partial charge in [0.2, 0.25) is 10.0 Å². The minimum Gasteiger partial charge on any atom is -0.383 e. The van der Waals surface area contributed by atoms with Crippen LogP contribution in [0, 0.1) is 17.0 Å². The Morgan fingerprint density at radius 1 is 1.43 bits per heavy atom. The molecule has 1 aromatic rings. The van der Waals surface area contributed by atoms with Gasteiger partial charge in [-0.1, -0.05) is 0 Å². The second kappa shape index (κ2) is 6.20. The molecular weight excluding hydrogens is 314 g/mol. The van der Waals surface area contributed by atoms with Crippen molar-refractivity contribution in [1.82, 2.24) is 4.72 Å². The highest BCUT2D eigenvalue weighted by molar-refractivity contribution is 7.99. The van der Waals surface area contributed by atoms with E-state index in [-0.39, 0.29) is 16.6 Å². The van der Waals surface area contributed by atoms with Crippen molar-refractivity contribution in [3.8, 4) is 0 Å². The molecule has 1 aromatic carbocycles. The van der Waals surface area contributed by atoms with Crippen LogP contribution in [0.5, 0.6) is 0 Å². The molecule has 0 bridgehead atoms. The van der Waals surface area contributed by atoms with Crippen LogP contribution in [0.25, 0.3) is 0 Å². The van der Waals surface area contributed by atoms with Crippen molar-refractivity contribution in [2.24, 2.45) is 0 Å². The van der Waals surface area contributed by atoms with Crippen molar-refractivity contribution < 1.29 is 13.3 Å². The van der Waals surface area contributed by atoms with E-state index in [1.807, 2.05) is 0 Å². The minimum absolute atomic E-state index is 0.0369. The maximum atomic E-state index is 12.4. The number of nitro groups is 1. The summed E-state index contributed by atoms with van der Waals surface area (Å²) in [4.78, 5) is 10.4. The minimum atomic E-state index is -3.75. The molecule has 2 N–H and O–H groups in total. The molecule has 1 atom stereocenters. The van der Waals surface area contributed by atoms with Crippen molar-refractivity contribution in [2.75, 3.05) is 23.9 Å². The van der Waals surface area contributed by atoms with Gasteiger partial charge in [0.25, 0.3) is 5.69 Å². The molecule has 1 fully saturated rings. The Kier molecular flexibility index (Phi) is 4.74. The molecule has 1 saturated heterocycles. The van der Waals surface area contributed by atoms with E-state index in [0.717, 1.165) is 24.0 Å². The summed E-state index contributed by atoms with van der Waals surface area (Å²) in [6.07, 6.45) is 0.777. The number of thioether (sulfide) groups is 1. The zero-order valence-electron chi connectivity index (χ0n) is 11.8. The summed E-state index contributed by atoms with van der Waals surface area (Å²) >= 11 is 1.69. The highest BCUT2D eigenvalue weighted by Crippen LogP contribution is 2.30. The summed E-state index contributed by atoms with van der Waals surface area (Å²) < 4.78 is 27.5. The van der Waals surface area contributed by atoms with Crippen molar-refractivity contribution in [3.05, 3.63) is 27.8 Å². The highest BCUT2D eigenvalue weighted by atomic mass is 32.2. The molecule has 0 aliphatic carbocycles. The van der Waals surface area contributed by atoms with Crippen molar-refractivity contribution in [2.45, 2.75) is 24.3 Å². The molecule has 0 saturated carbocycles. The third-order valence-corrected chi connectivity index (χ3v) is 6.13. The fourth-order valence-electron chi connectivity index (χ4n) is 2.23. The number of nitro benzene ring substituents is 1. The molecule has 1 heterocycles. The lowest BCUT2D eigenvalue weighted by Crippen LogP contribution is -2.35. The van der Waals surface area contributed by atoms with Gasteiger partial charge >= 0.3 is 0 Å². The molecule has 21 heavy (non-hydrogen) atoms. The van der Waals surface area contributed by atoms with E-state index in [0.29, 0.717) is 11.3 Å². The third kappa shape index (κ3) is 3.47. The van der Waals surface area contributed by atoms with E-state index in [1.54, 1.807) is 25.7 Å². The first-order valence-corrected chi connectivity index (χ1v) is 9.06. The molecule has 1 unspecified atom stereocenters. The number of rotatable bonds is 5. The standard InChI is InChI=1S/C12H17N3O4S2/c1-8-5-10(13-2)11(15(16)17)6-12(8)21(18,19)14-9-3-4-20-7-9/h5-6,9,13-14H,3-4,7H2,1-2H3. The molecule has 116 valence electrons. The summed E-state index contributed by atoms with van der Waals surface area (Å²) in [5.74, 6) is 1.65. The van der Waals surface area contributed by atoms with Crippen molar-refractivity contribution in [3.63, 3.8) is 0 Å². The second-order valence-electron chi connectivity index (χ2n) is 4.82. The predicted molar refractivity (Wildman–Crippen MR) is 83.4 cm³/mol. The Morgan fingerprint density at radius 2 is 2.14 bits per heavy atom. The first-order chi connectivity index (χ1) is 9.85. The zero-order chi connectivity index (χ0) is 15.6. The van der Waals surface area contributed by atoms with Crippen LogP contribution in [0.2, 0.25) is 0 Å². The smallest absolute Gasteiger partial charge is 0.293 e. The van der Waals surface area contributed by atoms with E-state index >= 15 is 0 Å². The van der Waals surface area contributed by atoms with Gasteiger partial charge in [-0.25, -0.2) is 13.1 Å². The molecule has 7 nitrogen and oxygen atoms in total. The number of nitrogens with zero attached hydrogens (tertiary/aromatic N) is 1. The summed E-state index contributed by atoms with van der Waals surface area (Å²) in [5.41, 5.74) is 0.528. The number of aryl methyl sites for hydroxylation is 1. The summed E-state index contributed by atoms with van der Waals surface area (Å²) in [5, 5.41) is 13.8. The number of hydrogen-bond acceptors (Lipinski definition) is 6. The van der Waals surface area contributed by atoms with Crippen LogP contribution in [0.15, 0.2) is 17.0 Å². The molecule has 0 aromatic heterocycles. The van der Waals surface area contributed by atoms with E-state index in [4.69, 9.17) is 0 Å². The van der Waals surface area contributed by atoms with Crippen molar-refractivity contribution in [1.29, 1.82) is 0 Å². The van der Waals surface area contributed by atoms with Crippen LogP contribution in [0.4, 0.5) is 11.4 Å². The summed E-state index contributed by atoms with van der Waals surface area (Å²) in [6, 6.07) is 2.49. The zero-order valence-corrected chi connectivity index (χ0v) is 13.4. The number of hydrogen-bond donors (Lipinski definition) is 2. The third-order valence-electron chi connectivity index (χ3n) is 3.30. The van der Waals surface area contributed by atoms with Crippen LogP contribution in [-0.4, -0.2) is 37.9 Å². The average molecular weight is 331 g/mol. The van der Waals surface area contributed by atoms with Gasteiger partial charge in [-0.2, -0.15) is 11.8 Å². The SMILES string of the molecule is CNc1cc(C)c(S(=O)(=O)NC2CCSC2)cc1[N+](=O)[O-]. The maximum absolute atomic E-state index is 12.4. The quantitative estimate of drug-likeness (QED) is 0.629. The molecular formula is C12H17N3O4S2. The maximum Gasteiger partial charge on any atom is 0.293 e. The molecule has 0 spiro atoms. The van der Waals surface area contributed by atoms with Gasteiger partial charge in [0.05, 0.1) is 9.82 Å². The van der Waals surface area contributed by atoms with E-state index in [1.165, 1.54) is 6.07 Å². The fourth-order valence-corrected chi connectivity index (χ4v) is 5.00. The fraction of sp³-hybridized carbons (Fsp3) is 0.500. The Labute approximate surface area is 127 Å². The van der Waals surface area contributed by atoms with Gasteiger partial charge in [-0.3, -0.25) is 10.1 Å².